The van der Waals surface area contributed by atoms with Crippen LogP contribution in [-0.4, -0.2) is 11.9 Å². The second kappa shape index (κ2) is 3.50. The monoisotopic (exact) mass is 179 g/mol. The molecule has 0 aromatic heterocycles. The molecule has 2 unspecified atom stereocenters. The van der Waals surface area contributed by atoms with E-state index in [2.05, 4.69) is 42.6 Å². The molecule has 1 N–H and O–H groups in total. The Morgan fingerprint density at radius 2 is 2.08 bits per heavy atom. The van der Waals surface area contributed by atoms with Crippen LogP contribution in [0.3, 0.4) is 0 Å². The smallest absolute Gasteiger partial charge is 0.0510 e. The highest BCUT2D eigenvalue weighted by Crippen LogP contribution is 2.35. The van der Waals surface area contributed by atoms with E-state index in [0.29, 0.717) is 10.6 Å². The maximum absolute atomic E-state index is 3.43. The molecule has 0 spiro atoms. The van der Waals surface area contributed by atoms with E-state index >= 15 is 0 Å². The lowest BCUT2D eigenvalue weighted by Gasteiger charge is -2.07. The van der Waals surface area contributed by atoms with Crippen LogP contribution in [0.25, 0.3) is 0 Å². The van der Waals surface area contributed by atoms with Crippen molar-refractivity contribution in [2.45, 2.75) is 17.5 Å². The molecule has 0 bridgehead atoms. The minimum atomic E-state index is 0.607. The summed E-state index contributed by atoms with van der Waals surface area (Å²) in [7, 11) is 0. The third-order valence-corrected chi connectivity index (χ3v) is 3.47. The summed E-state index contributed by atoms with van der Waals surface area (Å²) >= 11 is 2.01. The number of benzene rings is 1. The van der Waals surface area contributed by atoms with Crippen molar-refractivity contribution in [3.63, 3.8) is 0 Å². The Bertz CT molecular complexity index is 247. The van der Waals surface area contributed by atoms with Gasteiger partial charge in [0.05, 0.1) is 5.37 Å². The number of hydrogen-bond acceptors (Lipinski definition) is 2. The molecular formula is C10H13NS. The second-order valence-electron chi connectivity index (χ2n) is 3.09. The molecule has 0 aliphatic carbocycles. The van der Waals surface area contributed by atoms with Crippen LogP contribution >= 0.6 is 11.8 Å². The van der Waals surface area contributed by atoms with Gasteiger partial charge >= 0.3 is 0 Å². The molecular weight excluding hydrogens is 166 g/mol. The molecule has 1 heterocycles. The average Bonchev–Trinajstić information content (AvgIpc) is 2.54. The lowest BCUT2D eigenvalue weighted by Crippen LogP contribution is -2.15. The molecule has 1 aromatic carbocycles. The van der Waals surface area contributed by atoms with E-state index in [1.54, 1.807) is 0 Å². The molecule has 2 heteroatoms. The largest absolute Gasteiger partial charge is 0.304 e. The van der Waals surface area contributed by atoms with Gasteiger partial charge in [0.15, 0.2) is 0 Å². The fourth-order valence-electron chi connectivity index (χ4n) is 1.48. The van der Waals surface area contributed by atoms with E-state index in [1.807, 2.05) is 11.8 Å². The first-order chi connectivity index (χ1) is 5.86. The van der Waals surface area contributed by atoms with Gasteiger partial charge in [-0.2, -0.15) is 0 Å². The first kappa shape index (κ1) is 8.14. The average molecular weight is 179 g/mol. The molecule has 1 aliphatic heterocycles. The van der Waals surface area contributed by atoms with Crippen molar-refractivity contribution >= 4 is 11.8 Å². The Morgan fingerprint density at radius 1 is 1.33 bits per heavy atom. The zero-order valence-electron chi connectivity index (χ0n) is 7.16. The minimum Gasteiger partial charge on any atom is -0.304 e. The summed E-state index contributed by atoms with van der Waals surface area (Å²) in [5.41, 5.74) is 1.44. The van der Waals surface area contributed by atoms with Crippen molar-refractivity contribution in [2.75, 3.05) is 6.54 Å². The maximum Gasteiger partial charge on any atom is 0.0510 e. The molecule has 12 heavy (non-hydrogen) atoms. The van der Waals surface area contributed by atoms with E-state index in [4.69, 9.17) is 0 Å². The third kappa shape index (κ3) is 1.65. The Morgan fingerprint density at radius 3 is 2.67 bits per heavy atom. The van der Waals surface area contributed by atoms with Gasteiger partial charge in [0.2, 0.25) is 0 Å². The molecule has 0 saturated carbocycles. The van der Waals surface area contributed by atoms with Gasteiger partial charge in [0.25, 0.3) is 0 Å². The van der Waals surface area contributed by atoms with Gasteiger partial charge in [-0.1, -0.05) is 30.3 Å². The highest BCUT2D eigenvalue weighted by atomic mass is 32.2. The third-order valence-electron chi connectivity index (χ3n) is 2.13. The van der Waals surface area contributed by atoms with E-state index < -0.39 is 0 Å². The number of hydrogen-bond donors (Lipinski definition) is 1. The van der Waals surface area contributed by atoms with Crippen LogP contribution in [-0.2, 0) is 0 Å². The zero-order chi connectivity index (χ0) is 8.39. The SMILES string of the molecule is CC1NCC(c2ccccc2)S1. The van der Waals surface area contributed by atoms with Crippen LogP contribution in [0.5, 0.6) is 0 Å². The number of rotatable bonds is 1. The molecule has 0 amide bonds. The zero-order valence-corrected chi connectivity index (χ0v) is 7.97. The topological polar surface area (TPSA) is 12.0 Å². The van der Waals surface area contributed by atoms with Crippen molar-refractivity contribution in [3.05, 3.63) is 35.9 Å². The molecule has 1 fully saturated rings. The predicted octanol–water partition coefficient (Wildman–Crippen LogP) is 2.41. The molecule has 1 aliphatic rings. The van der Waals surface area contributed by atoms with Crippen molar-refractivity contribution in [2.24, 2.45) is 0 Å². The molecule has 1 aromatic rings. The van der Waals surface area contributed by atoms with Crippen LogP contribution in [0.4, 0.5) is 0 Å². The fraction of sp³-hybridized carbons (Fsp3) is 0.400. The first-order valence-corrected chi connectivity index (χ1v) is 5.24. The Balaban J connectivity index is 2.11. The van der Waals surface area contributed by atoms with Gasteiger partial charge in [-0.05, 0) is 12.5 Å². The first-order valence-electron chi connectivity index (χ1n) is 4.30. The highest BCUT2D eigenvalue weighted by Gasteiger charge is 2.21. The minimum absolute atomic E-state index is 0.607. The van der Waals surface area contributed by atoms with Crippen molar-refractivity contribution in [3.8, 4) is 0 Å². The van der Waals surface area contributed by atoms with Gasteiger partial charge in [-0.15, -0.1) is 11.8 Å². The van der Waals surface area contributed by atoms with Crippen LogP contribution in [0.15, 0.2) is 30.3 Å². The fourth-order valence-corrected chi connectivity index (χ4v) is 2.67. The van der Waals surface area contributed by atoms with Crippen molar-refractivity contribution in [1.29, 1.82) is 0 Å². The van der Waals surface area contributed by atoms with Crippen LogP contribution in [0, 0.1) is 0 Å². The summed E-state index contributed by atoms with van der Waals surface area (Å²) in [6.45, 7) is 3.32. The normalized spacial score (nSPS) is 29.1. The molecule has 64 valence electrons. The summed E-state index contributed by atoms with van der Waals surface area (Å²) in [5.74, 6) is 0. The van der Waals surface area contributed by atoms with E-state index in [9.17, 15) is 0 Å². The standard InChI is InChI=1S/C10H13NS/c1-8-11-7-10(12-8)9-5-3-2-4-6-9/h2-6,8,10-11H,7H2,1H3. The summed E-state index contributed by atoms with van der Waals surface area (Å²) in [6, 6.07) is 10.7. The van der Waals surface area contributed by atoms with Gasteiger partial charge in [0, 0.05) is 11.8 Å². The van der Waals surface area contributed by atoms with Crippen LogP contribution in [0.1, 0.15) is 17.7 Å². The summed E-state index contributed by atoms with van der Waals surface area (Å²) in [4.78, 5) is 0. The van der Waals surface area contributed by atoms with E-state index in [1.165, 1.54) is 5.56 Å². The molecule has 1 saturated heterocycles. The van der Waals surface area contributed by atoms with Gasteiger partial charge in [-0.3, -0.25) is 0 Å². The van der Waals surface area contributed by atoms with Crippen molar-refractivity contribution in [1.82, 2.24) is 5.32 Å². The lowest BCUT2D eigenvalue weighted by atomic mass is 10.1. The maximum atomic E-state index is 3.43. The summed E-state index contributed by atoms with van der Waals surface area (Å²) in [6.07, 6.45) is 0. The number of thioether (sulfide) groups is 1. The molecule has 0 radical (unpaired) electrons. The van der Waals surface area contributed by atoms with Crippen LogP contribution < -0.4 is 5.32 Å². The molecule has 1 nitrogen and oxygen atoms in total. The Hall–Kier alpha value is -0.470. The van der Waals surface area contributed by atoms with Gasteiger partial charge in [0.1, 0.15) is 0 Å². The quantitative estimate of drug-likeness (QED) is 0.710. The summed E-state index contributed by atoms with van der Waals surface area (Å²) < 4.78 is 0. The lowest BCUT2D eigenvalue weighted by molar-refractivity contribution is 0.722. The highest BCUT2D eigenvalue weighted by molar-refractivity contribution is 8.00. The van der Waals surface area contributed by atoms with Crippen molar-refractivity contribution < 1.29 is 0 Å². The Kier molecular flexibility index (Phi) is 2.38. The van der Waals surface area contributed by atoms with Crippen LogP contribution in [0.2, 0.25) is 0 Å². The Labute approximate surface area is 77.6 Å². The predicted molar refractivity (Wildman–Crippen MR) is 54.2 cm³/mol. The second-order valence-corrected chi connectivity index (χ2v) is 4.63. The molecule has 2 atom stereocenters. The van der Waals surface area contributed by atoms with E-state index in [-0.39, 0.29) is 0 Å². The summed E-state index contributed by atoms with van der Waals surface area (Å²) in [5, 5.41) is 4.69. The molecule has 2 rings (SSSR count). The van der Waals surface area contributed by atoms with E-state index in [0.717, 1.165) is 6.54 Å². The number of nitrogens with one attached hydrogen (secondary N) is 1. The van der Waals surface area contributed by atoms with Gasteiger partial charge < -0.3 is 5.32 Å². The van der Waals surface area contributed by atoms with Gasteiger partial charge in [-0.25, -0.2) is 0 Å².